The highest BCUT2D eigenvalue weighted by Gasteiger charge is 2.24. The van der Waals surface area contributed by atoms with Crippen molar-refractivity contribution in [3.63, 3.8) is 0 Å². The lowest BCUT2D eigenvalue weighted by Crippen LogP contribution is -2.30. The van der Waals surface area contributed by atoms with E-state index in [1.165, 1.54) is 4.90 Å². The molecule has 0 atom stereocenters. The van der Waals surface area contributed by atoms with Crippen LogP contribution in [0.15, 0.2) is 59.4 Å². The molecule has 0 N–H and O–H groups in total. The highest BCUT2D eigenvalue weighted by molar-refractivity contribution is 6.30. The lowest BCUT2D eigenvalue weighted by atomic mass is 9.92. The van der Waals surface area contributed by atoms with Gasteiger partial charge < -0.3 is 9.47 Å². The van der Waals surface area contributed by atoms with Crippen molar-refractivity contribution in [2.24, 2.45) is 0 Å². The maximum Gasteiger partial charge on any atom is 0.258 e. The SMILES string of the molecule is N#CCN(C=O)Cc1cc(-c2ccccc2)c(=O)n2c1-c1cc(Cl)ccc1CC2. The van der Waals surface area contributed by atoms with Crippen LogP contribution in [0.4, 0.5) is 0 Å². The fourth-order valence-corrected chi connectivity index (χ4v) is 4.03. The molecule has 1 aromatic heterocycles. The molecule has 0 fully saturated rings. The van der Waals surface area contributed by atoms with Crippen molar-refractivity contribution in [3.8, 4) is 28.5 Å². The molecule has 2 heterocycles. The van der Waals surface area contributed by atoms with Gasteiger partial charge in [-0.3, -0.25) is 9.59 Å². The summed E-state index contributed by atoms with van der Waals surface area (Å²) in [5.74, 6) is 0. The average Bonchev–Trinajstić information content (AvgIpc) is 2.75. The summed E-state index contributed by atoms with van der Waals surface area (Å²) in [5.41, 5.74) is 4.93. The van der Waals surface area contributed by atoms with E-state index in [1.807, 2.05) is 60.7 Å². The molecule has 0 saturated heterocycles. The van der Waals surface area contributed by atoms with E-state index < -0.39 is 0 Å². The molecule has 1 aliphatic rings. The molecule has 0 saturated carbocycles. The Morgan fingerprint density at radius 1 is 1.14 bits per heavy atom. The summed E-state index contributed by atoms with van der Waals surface area (Å²) < 4.78 is 1.77. The number of fused-ring (bicyclic) bond motifs is 3. The van der Waals surface area contributed by atoms with Crippen LogP contribution in [0.5, 0.6) is 0 Å². The first-order chi connectivity index (χ1) is 14.1. The minimum absolute atomic E-state index is 0.0227. The first-order valence-corrected chi connectivity index (χ1v) is 9.67. The zero-order valence-electron chi connectivity index (χ0n) is 15.6. The number of hydrogen-bond acceptors (Lipinski definition) is 3. The van der Waals surface area contributed by atoms with E-state index in [2.05, 4.69) is 0 Å². The molecule has 1 aliphatic heterocycles. The molecule has 4 rings (SSSR count). The number of amides is 1. The van der Waals surface area contributed by atoms with Crippen LogP contribution in [0.3, 0.4) is 0 Å². The summed E-state index contributed by atoms with van der Waals surface area (Å²) >= 11 is 6.25. The lowest BCUT2D eigenvalue weighted by molar-refractivity contribution is -0.118. The number of rotatable bonds is 5. The Hall–Kier alpha value is -3.36. The van der Waals surface area contributed by atoms with E-state index in [0.29, 0.717) is 23.5 Å². The fraction of sp³-hybridized carbons (Fsp3) is 0.174. The molecule has 0 radical (unpaired) electrons. The monoisotopic (exact) mass is 403 g/mol. The van der Waals surface area contributed by atoms with Crippen molar-refractivity contribution < 1.29 is 4.79 Å². The van der Waals surface area contributed by atoms with Crippen LogP contribution in [0.25, 0.3) is 22.4 Å². The topological polar surface area (TPSA) is 66.1 Å². The molecule has 0 aliphatic carbocycles. The summed E-state index contributed by atoms with van der Waals surface area (Å²) in [6.07, 6.45) is 1.39. The smallest absolute Gasteiger partial charge is 0.258 e. The van der Waals surface area contributed by atoms with Crippen LogP contribution in [0.2, 0.25) is 5.02 Å². The molecule has 29 heavy (non-hydrogen) atoms. The van der Waals surface area contributed by atoms with Crippen LogP contribution in [0.1, 0.15) is 11.1 Å². The normalized spacial score (nSPS) is 11.9. The van der Waals surface area contributed by atoms with Gasteiger partial charge in [0.1, 0.15) is 6.54 Å². The van der Waals surface area contributed by atoms with E-state index in [0.717, 1.165) is 34.4 Å². The Kier molecular flexibility index (Phi) is 5.20. The Morgan fingerprint density at radius 3 is 2.66 bits per heavy atom. The number of aryl methyl sites for hydroxylation is 1. The molecule has 5 nitrogen and oxygen atoms in total. The number of pyridine rings is 1. The summed E-state index contributed by atoms with van der Waals surface area (Å²) in [4.78, 5) is 26.2. The third-order valence-electron chi connectivity index (χ3n) is 5.18. The number of carbonyl (C=O) groups excluding carboxylic acids is 1. The van der Waals surface area contributed by atoms with Crippen molar-refractivity contribution in [1.82, 2.24) is 9.47 Å². The Morgan fingerprint density at radius 2 is 1.93 bits per heavy atom. The molecule has 0 bridgehead atoms. The third-order valence-corrected chi connectivity index (χ3v) is 5.42. The van der Waals surface area contributed by atoms with Gasteiger partial charge in [0.25, 0.3) is 5.56 Å². The maximum absolute atomic E-state index is 13.3. The summed E-state index contributed by atoms with van der Waals surface area (Å²) in [7, 11) is 0. The van der Waals surface area contributed by atoms with Gasteiger partial charge in [0.2, 0.25) is 6.41 Å². The minimum Gasteiger partial charge on any atom is -0.328 e. The van der Waals surface area contributed by atoms with Gasteiger partial charge in [-0.05, 0) is 41.3 Å². The van der Waals surface area contributed by atoms with Gasteiger partial charge in [0.05, 0.1) is 11.8 Å². The van der Waals surface area contributed by atoms with Gasteiger partial charge in [0, 0.05) is 29.2 Å². The van der Waals surface area contributed by atoms with Crippen molar-refractivity contribution in [1.29, 1.82) is 5.26 Å². The van der Waals surface area contributed by atoms with Gasteiger partial charge >= 0.3 is 0 Å². The van der Waals surface area contributed by atoms with Gasteiger partial charge in [-0.1, -0.05) is 48.0 Å². The maximum atomic E-state index is 13.3. The molecule has 144 valence electrons. The van der Waals surface area contributed by atoms with E-state index >= 15 is 0 Å². The number of nitriles is 1. The van der Waals surface area contributed by atoms with Crippen LogP contribution in [-0.4, -0.2) is 22.4 Å². The predicted molar refractivity (Wildman–Crippen MR) is 112 cm³/mol. The van der Waals surface area contributed by atoms with Gasteiger partial charge in [-0.2, -0.15) is 5.26 Å². The van der Waals surface area contributed by atoms with E-state index in [-0.39, 0.29) is 18.6 Å². The number of hydrogen-bond donors (Lipinski definition) is 0. The van der Waals surface area contributed by atoms with E-state index in [4.69, 9.17) is 16.9 Å². The van der Waals surface area contributed by atoms with Crippen LogP contribution in [0, 0.1) is 11.3 Å². The number of halogens is 1. The van der Waals surface area contributed by atoms with Gasteiger partial charge in [-0.25, -0.2) is 0 Å². The third kappa shape index (κ3) is 3.55. The second kappa shape index (κ2) is 7.94. The predicted octanol–water partition coefficient (Wildman–Crippen LogP) is 3.87. The van der Waals surface area contributed by atoms with Gasteiger partial charge in [0.15, 0.2) is 0 Å². The first kappa shape index (κ1) is 19.0. The fourth-order valence-electron chi connectivity index (χ4n) is 3.86. The van der Waals surface area contributed by atoms with Crippen molar-refractivity contribution >= 4 is 18.0 Å². The molecule has 0 unspecified atom stereocenters. The number of nitrogens with zero attached hydrogens (tertiary/aromatic N) is 3. The van der Waals surface area contributed by atoms with Crippen LogP contribution < -0.4 is 5.56 Å². The molecular formula is C23H18ClN3O2. The highest BCUT2D eigenvalue weighted by Crippen LogP contribution is 2.35. The largest absolute Gasteiger partial charge is 0.328 e. The second-order valence-electron chi connectivity index (χ2n) is 6.97. The van der Waals surface area contributed by atoms with Crippen molar-refractivity contribution in [2.75, 3.05) is 6.54 Å². The molecule has 6 heteroatoms. The van der Waals surface area contributed by atoms with Crippen molar-refractivity contribution in [2.45, 2.75) is 19.5 Å². The van der Waals surface area contributed by atoms with E-state index in [1.54, 1.807) is 4.57 Å². The van der Waals surface area contributed by atoms with E-state index in [9.17, 15) is 9.59 Å². The quantitative estimate of drug-likeness (QED) is 0.479. The van der Waals surface area contributed by atoms with Crippen LogP contribution in [-0.2, 0) is 24.3 Å². The van der Waals surface area contributed by atoms with Gasteiger partial charge in [-0.15, -0.1) is 0 Å². The molecular weight excluding hydrogens is 386 g/mol. The number of carbonyl (C=O) groups is 1. The summed E-state index contributed by atoms with van der Waals surface area (Å²) in [5, 5.41) is 9.62. The number of aromatic nitrogens is 1. The first-order valence-electron chi connectivity index (χ1n) is 9.29. The molecule has 3 aromatic rings. The average molecular weight is 404 g/mol. The zero-order chi connectivity index (χ0) is 20.4. The summed E-state index contributed by atoms with van der Waals surface area (Å²) in [6.45, 7) is 0.763. The molecule has 1 amide bonds. The lowest BCUT2D eigenvalue weighted by Gasteiger charge is -2.27. The van der Waals surface area contributed by atoms with Crippen LogP contribution >= 0.6 is 11.6 Å². The van der Waals surface area contributed by atoms with Crippen molar-refractivity contribution in [3.05, 3.63) is 81.1 Å². The Bertz CT molecular complexity index is 1180. The highest BCUT2D eigenvalue weighted by atomic mass is 35.5. The summed E-state index contributed by atoms with van der Waals surface area (Å²) in [6, 6.07) is 19.0. The Labute approximate surface area is 173 Å². The second-order valence-corrected chi connectivity index (χ2v) is 7.41. The zero-order valence-corrected chi connectivity index (χ0v) is 16.4. The number of benzene rings is 2. The Balaban J connectivity index is 1.98. The minimum atomic E-state index is -0.0708. The molecule has 0 spiro atoms. The molecule has 2 aromatic carbocycles. The standard InChI is InChI=1S/C23H18ClN3O2/c24-19-7-6-17-8-10-27-22(20(17)13-19)18(14-26(15-28)11-9-25)12-21(23(27)29)16-4-2-1-3-5-16/h1-7,12-13,15H,8,10-11,14H2.